The molecule has 5 nitrogen and oxygen atoms in total. The van der Waals surface area contributed by atoms with Crippen LogP contribution < -0.4 is 14.2 Å². The number of hydrogen-bond donors (Lipinski definition) is 0. The van der Waals surface area contributed by atoms with Gasteiger partial charge in [0.15, 0.2) is 0 Å². The van der Waals surface area contributed by atoms with Gasteiger partial charge in [0.05, 0.1) is 14.2 Å². The number of aryl methyl sites for hydroxylation is 1. The van der Waals surface area contributed by atoms with Crippen LogP contribution in [0, 0.1) is 6.92 Å². The van der Waals surface area contributed by atoms with Crippen LogP contribution in [-0.2, 0) is 0 Å². The van der Waals surface area contributed by atoms with E-state index in [1.165, 1.54) is 0 Å². The van der Waals surface area contributed by atoms with Crippen molar-refractivity contribution in [1.82, 2.24) is 9.97 Å². The number of nitrogens with zero attached hydrogens (tertiary/aromatic N) is 2. The number of aromatic nitrogens is 2. The maximum Gasteiger partial charge on any atom is 0.223 e. The van der Waals surface area contributed by atoms with Gasteiger partial charge in [-0.05, 0) is 22.9 Å². The smallest absolute Gasteiger partial charge is 0.223 e. The maximum atomic E-state index is 5.68. The fourth-order valence-electron chi connectivity index (χ4n) is 1.52. The van der Waals surface area contributed by atoms with Crippen LogP contribution in [0.1, 0.15) is 5.82 Å². The molecule has 0 atom stereocenters. The average molecular weight is 325 g/mol. The van der Waals surface area contributed by atoms with Crippen molar-refractivity contribution in [2.45, 2.75) is 6.92 Å². The zero-order valence-corrected chi connectivity index (χ0v) is 12.4. The molecule has 0 amide bonds. The van der Waals surface area contributed by atoms with Gasteiger partial charge >= 0.3 is 0 Å². The highest BCUT2D eigenvalue weighted by Crippen LogP contribution is 2.30. The second-order valence-corrected chi connectivity index (χ2v) is 4.54. The number of ether oxygens (including phenoxy) is 3. The topological polar surface area (TPSA) is 53.5 Å². The minimum Gasteiger partial charge on any atom is -0.496 e. The predicted molar refractivity (Wildman–Crippen MR) is 74.1 cm³/mol. The Morgan fingerprint density at radius 3 is 2.00 bits per heavy atom. The Labute approximate surface area is 119 Å². The summed E-state index contributed by atoms with van der Waals surface area (Å²) in [4.78, 5) is 8.31. The highest BCUT2D eigenvalue weighted by molar-refractivity contribution is 9.10. The molecule has 19 heavy (non-hydrogen) atoms. The Bertz CT molecular complexity index is 548. The maximum absolute atomic E-state index is 5.68. The first-order valence-electron chi connectivity index (χ1n) is 5.53. The van der Waals surface area contributed by atoms with Gasteiger partial charge in [-0.2, -0.15) is 4.98 Å². The van der Waals surface area contributed by atoms with Gasteiger partial charge in [0.2, 0.25) is 5.88 Å². The average Bonchev–Trinajstić information content (AvgIpc) is 2.37. The van der Waals surface area contributed by atoms with E-state index in [0.717, 1.165) is 0 Å². The quantitative estimate of drug-likeness (QED) is 0.807. The summed E-state index contributed by atoms with van der Waals surface area (Å²) in [5.74, 6) is 2.97. The normalized spacial score (nSPS) is 10.1. The lowest BCUT2D eigenvalue weighted by Gasteiger charge is -2.09. The van der Waals surface area contributed by atoms with E-state index in [1.807, 2.05) is 0 Å². The van der Waals surface area contributed by atoms with E-state index >= 15 is 0 Å². The molecule has 1 aromatic carbocycles. The molecular formula is C13H13BrN2O3. The summed E-state index contributed by atoms with van der Waals surface area (Å²) in [6, 6.07) is 6.98. The van der Waals surface area contributed by atoms with Crippen molar-refractivity contribution in [3.63, 3.8) is 0 Å². The molecule has 0 aliphatic heterocycles. The van der Waals surface area contributed by atoms with Crippen LogP contribution in [0.3, 0.4) is 0 Å². The predicted octanol–water partition coefficient (Wildman–Crippen LogP) is 3.36. The zero-order chi connectivity index (χ0) is 13.8. The Balaban J connectivity index is 2.31. The van der Waals surface area contributed by atoms with E-state index < -0.39 is 0 Å². The van der Waals surface area contributed by atoms with Crippen LogP contribution in [-0.4, -0.2) is 24.2 Å². The van der Waals surface area contributed by atoms with E-state index in [4.69, 9.17) is 14.2 Å². The number of hydrogen-bond acceptors (Lipinski definition) is 5. The number of benzene rings is 1. The first-order valence-corrected chi connectivity index (χ1v) is 6.32. The van der Waals surface area contributed by atoms with Crippen LogP contribution in [0.25, 0.3) is 0 Å². The van der Waals surface area contributed by atoms with Crippen molar-refractivity contribution in [3.8, 4) is 23.1 Å². The lowest BCUT2D eigenvalue weighted by atomic mass is 10.3. The van der Waals surface area contributed by atoms with Crippen molar-refractivity contribution >= 4 is 15.9 Å². The summed E-state index contributed by atoms with van der Waals surface area (Å²) in [5, 5.41) is 0. The lowest BCUT2D eigenvalue weighted by molar-refractivity contribution is 0.384. The van der Waals surface area contributed by atoms with Crippen LogP contribution in [0.5, 0.6) is 23.1 Å². The minimum absolute atomic E-state index is 0.453. The minimum atomic E-state index is 0.453. The Morgan fingerprint density at radius 2 is 1.47 bits per heavy atom. The molecule has 1 heterocycles. The molecule has 100 valence electrons. The van der Waals surface area contributed by atoms with E-state index in [1.54, 1.807) is 45.4 Å². The highest BCUT2D eigenvalue weighted by Gasteiger charge is 2.06. The van der Waals surface area contributed by atoms with Gasteiger partial charge in [0, 0.05) is 24.3 Å². The van der Waals surface area contributed by atoms with Gasteiger partial charge in [-0.1, -0.05) is 0 Å². The van der Waals surface area contributed by atoms with Crippen molar-refractivity contribution in [1.29, 1.82) is 0 Å². The molecule has 0 spiro atoms. The molecule has 0 N–H and O–H groups in total. The summed E-state index contributed by atoms with van der Waals surface area (Å²) >= 11 is 3.30. The number of methoxy groups -OCH3 is 2. The molecule has 2 aromatic rings. The Hall–Kier alpha value is -1.82. The third-order valence-corrected chi connectivity index (χ3v) is 2.74. The first-order chi connectivity index (χ1) is 9.10. The fourth-order valence-corrected chi connectivity index (χ4v) is 1.97. The number of rotatable bonds is 4. The highest BCUT2D eigenvalue weighted by atomic mass is 79.9. The molecule has 0 bridgehead atoms. The largest absolute Gasteiger partial charge is 0.496 e. The summed E-state index contributed by atoms with van der Waals surface area (Å²) < 4.78 is 16.7. The molecule has 1 aromatic heterocycles. The first kappa shape index (κ1) is 13.6. The van der Waals surface area contributed by atoms with Gasteiger partial charge in [-0.25, -0.2) is 4.98 Å². The van der Waals surface area contributed by atoms with Crippen LogP contribution >= 0.6 is 15.9 Å². The fraction of sp³-hybridized carbons (Fsp3) is 0.231. The molecule has 0 saturated carbocycles. The Kier molecular flexibility index (Phi) is 4.21. The molecule has 0 saturated heterocycles. The molecule has 0 fully saturated rings. The van der Waals surface area contributed by atoms with Gasteiger partial charge < -0.3 is 14.2 Å². The van der Waals surface area contributed by atoms with Gasteiger partial charge in [-0.15, -0.1) is 0 Å². The third kappa shape index (κ3) is 3.57. The molecule has 0 aliphatic carbocycles. The van der Waals surface area contributed by atoms with Gasteiger partial charge in [-0.3, -0.25) is 0 Å². The SMILES string of the molecule is COc1cc(OC)cc(Oc2cc(Br)nc(C)n2)c1. The van der Waals surface area contributed by atoms with Crippen molar-refractivity contribution < 1.29 is 14.2 Å². The molecule has 0 radical (unpaired) electrons. The van der Waals surface area contributed by atoms with Crippen molar-refractivity contribution in [2.75, 3.05) is 14.2 Å². The molecule has 2 rings (SSSR count). The second-order valence-electron chi connectivity index (χ2n) is 3.73. The molecule has 0 aliphatic rings. The third-order valence-electron chi connectivity index (χ3n) is 2.33. The zero-order valence-electron chi connectivity index (χ0n) is 10.8. The van der Waals surface area contributed by atoms with E-state index in [0.29, 0.717) is 33.6 Å². The van der Waals surface area contributed by atoms with Crippen LogP contribution in [0.15, 0.2) is 28.9 Å². The van der Waals surface area contributed by atoms with E-state index in [2.05, 4.69) is 25.9 Å². The van der Waals surface area contributed by atoms with E-state index in [9.17, 15) is 0 Å². The summed E-state index contributed by atoms with van der Waals surface area (Å²) in [6.07, 6.45) is 0. The summed E-state index contributed by atoms with van der Waals surface area (Å²) in [6.45, 7) is 1.80. The van der Waals surface area contributed by atoms with Gasteiger partial charge in [0.1, 0.15) is 27.7 Å². The lowest BCUT2D eigenvalue weighted by Crippen LogP contribution is -1.94. The second kappa shape index (κ2) is 5.88. The standard InChI is InChI=1S/C13H13BrN2O3/c1-8-15-12(14)7-13(16-8)19-11-5-9(17-2)4-10(6-11)18-3/h4-7H,1-3H3. The number of halogens is 1. The molecular weight excluding hydrogens is 312 g/mol. The van der Waals surface area contributed by atoms with E-state index in [-0.39, 0.29) is 0 Å². The summed E-state index contributed by atoms with van der Waals surface area (Å²) in [7, 11) is 3.17. The Morgan fingerprint density at radius 1 is 0.895 bits per heavy atom. The summed E-state index contributed by atoms with van der Waals surface area (Å²) in [5.41, 5.74) is 0. The van der Waals surface area contributed by atoms with Crippen LogP contribution in [0.4, 0.5) is 0 Å². The monoisotopic (exact) mass is 324 g/mol. The van der Waals surface area contributed by atoms with Crippen molar-refractivity contribution in [2.24, 2.45) is 0 Å². The van der Waals surface area contributed by atoms with Crippen LogP contribution in [0.2, 0.25) is 0 Å². The van der Waals surface area contributed by atoms with Crippen molar-refractivity contribution in [3.05, 3.63) is 34.7 Å². The molecule has 0 unspecified atom stereocenters. The van der Waals surface area contributed by atoms with Gasteiger partial charge in [0.25, 0.3) is 0 Å². The molecule has 6 heteroatoms.